The number of benzene rings is 1. The van der Waals surface area contributed by atoms with Crippen LogP contribution in [0.15, 0.2) is 30.3 Å². The monoisotopic (exact) mass is 330 g/mol. The summed E-state index contributed by atoms with van der Waals surface area (Å²) in [5.74, 6) is 0.0173. The number of nitrogens with zero attached hydrogens (tertiary/aromatic N) is 2. The molecule has 0 bridgehead atoms. The molecule has 2 heterocycles. The molecule has 5 heteroatoms. The van der Waals surface area contributed by atoms with Gasteiger partial charge in [-0.1, -0.05) is 30.3 Å². The molecule has 24 heavy (non-hydrogen) atoms. The molecule has 1 aromatic rings. The molecule has 2 unspecified atom stereocenters. The third-order valence-corrected chi connectivity index (χ3v) is 4.95. The Morgan fingerprint density at radius 1 is 1.25 bits per heavy atom. The minimum Gasteiger partial charge on any atom is -0.376 e. The zero-order valence-corrected chi connectivity index (χ0v) is 14.3. The van der Waals surface area contributed by atoms with E-state index < -0.39 is 0 Å². The number of hydrogen-bond acceptors (Lipinski definition) is 3. The van der Waals surface area contributed by atoms with Crippen molar-refractivity contribution >= 4 is 11.8 Å². The molecule has 130 valence electrons. The first kappa shape index (κ1) is 17.0. The van der Waals surface area contributed by atoms with Crippen molar-refractivity contribution in [2.24, 2.45) is 5.92 Å². The van der Waals surface area contributed by atoms with E-state index >= 15 is 0 Å². The average Bonchev–Trinajstić information content (AvgIpc) is 3.19. The molecule has 0 radical (unpaired) electrons. The molecular formula is C19H26N2O3. The van der Waals surface area contributed by atoms with Gasteiger partial charge in [0.1, 0.15) is 0 Å². The molecule has 0 aromatic heterocycles. The molecule has 0 N–H and O–H groups in total. The first-order valence-corrected chi connectivity index (χ1v) is 8.82. The lowest BCUT2D eigenvalue weighted by Gasteiger charge is -2.20. The lowest BCUT2D eigenvalue weighted by atomic mass is 10.1. The number of hydrogen-bond donors (Lipinski definition) is 0. The number of aryl methyl sites for hydroxylation is 1. The van der Waals surface area contributed by atoms with Crippen molar-refractivity contribution in [1.29, 1.82) is 0 Å². The predicted octanol–water partition coefficient (Wildman–Crippen LogP) is 1.71. The summed E-state index contributed by atoms with van der Waals surface area (Å²) in [6.07, 6.45) is 3.41. The van der Waals surface area contributed by atoms with Crippen LogP contribution < -0.4 is 0 Å². The van der Waals surface area contributed by atoms with Gasteiger partial charge in [0.15, 0.2) is 0 Å². The lowest BCUT2D eigenvalue weighted by Crippen LogP contribution is -2.36. The summed E-state index contributed by atoms with van der Waals surface area (Å²) in [6.45, 7) is 2.69. The van der Waals surface area contributed by atoms with Gasteiger partial charge in [-0.15, -0.1) is 0 Å². The Balaban J connectivity index is 1.36. The van der Waals surface area contributed by atoms with Crippen LogP contribution in [0.25, 0.3) is 0 Å². The van der Waals surface area contributed by atoms with Crippen LogP contribution in [0.3, 0.4) is 0 Å². The zero-order chi connectivity index (χ0) is 16.9. The SMILES string of the molecule is CN1CC(C(=O)N2CCC(OCCCc3ccccc3)C2)CC1=O. The van der Waals surface area contributed by atoms with Gasteiger partial charge >= 0.3 is 0 Å². The van der Waals surface area contributed by atoms with Crippen LogP contribution in [0.1, 0.15) is 24.8 Å². The largest absolute Gasteiger partial charge is 0.376 e. The maximum atomic E-state index is 12.5. The van der Waals surface area contributed by atoms with Crippen LogP contribution >= 0.6 is 0 Å². The topological polar surface area (TPSA) is 49.9 Å². The first-order valence-electron chi connectivity index (χ1n) is 8.82. The third kappa shape index (κ3) is 4.15. The minimum absolute atomic E-state index is 0.0706. The van der Waals surface area contributed by atoms with Crippen molar-refractivity contribution in [2.45, 2.75) is 31.8 Å². The van der Waals surface area contributed by atoms with Crippen LogP contribution in [0.2, 0.25) is 0 Å². The van der Waals surface area contributed by atoms with Gasteiger partial charge in [-0.3, -0.25) is 9.59 Å². The van der Waals surface area contributed by atoms with Gasteiger partial charge in [0.25, 0.3) is 0 Å². The number of carbonyl (C=O) groups excluding carboxylic acids is 2. The number of likely N-dealkylation sites (tertiary alicyclic amines) is 2. The maximum Gasteiger partial charge on any atom is 0.228 e. The summed E-state index contributed by atoms with van der Waals surface area (Å²) in [5.41, 5.74) is 1.33. The summed E-state index contributed by atoms with van der Waals surface area (Å²) < 4.78 is 5.94. The Kier molecular flexibility index (Phi) is 5.51. The minimum atomic E-state index is -0.167. The summed E-state index contributed by atoms with van der Waals surface area (Å²) in [6, 6.07) is 10.4. The highest BCUT2D eigenvalue weighted by Crippen LogP contribution is 2.22. The summed E-state index contributed by atoms with van der Waals surface area (Å²) in [4.78, 5) is 27.6. The summed E-state index contributed by atoms with van der Waals surface area (Å²) in [5, 5.41) is 0. The van der Waals surface area contributed by atoms with E-state index in [0.29, 0.717) is 19.5 Å². The van der Waals surface area contributed by atoms with Gasteiger partial charge in [-0.05, 0) is 24.8 Å². The Hall–Kier alpha value is -1.88. The second kappa shape index (κ2) is 7.79. The van der Waals surface area contributed by atoms with E-state index in [4.69, 9.17) is 4.74 Å². The van der Waals surface area contributed by atoms with Crippen LogP contribution in [0.5, 0.6) is 0 Å². The fourth-order valence-electron chi connectivity index (χ4n) is 3.52. The van der Waals surface area contributed by atoms with Crippen LogP contribution in [-0.4, -0.2) is 61.0 Å². The van der Waals surface area contributed by atoms with Gasteiger partial charge < -0.3 is 14.5 Å². The summed E-state index contributed by atoms with van der Waals surface area (Å²) >= 11 is 0. The van der Waals surface area contributed by atoms with E-state index in [1.165, 1.54) is 5.56 Å². The predicted molar refractivity (Wildman–Crippen MR) is 91.4 cm³/mol. The fourth-order valence-corrected chi connectivity index (χ4v) is 3.52. The molecule has 5 nitrogen and oxygen atoms in total. The molecule has 2 aliphatic rings. The van der Waals surface area contributed by atoms with E-state index in [2.05, 4.69) is 24.3 Å². The molecule has 2 atom stereocenters. The fraction of sp³-hybridized carbons (Fsp3) is 0.579. The number of ether oxygens (including phenoxy) is 1. The first-order chi connectivity index (χ1) is 11.6. The molecule has 3 rings (SSSR count). The highest BCUT2D eigenvalue weighted by Gasteiger charge is 2.37. The second-order valence-electron chi connectivity index (χ2n) is 6.83. The van der Waals surface area contributed by atoms with Gasteiger partial charge in [0.05, 0.1) is 12.0 Å². The van der Waals surface area contributed by atoms with Crippen molar-refractivity contribution in [3.63, 3.8) is 0 Å². The molecule has 1 aromatic carbocycles. The molecule has 0 saturated carbocycles. The maximum absolute atomic E-state index is 12.5. The highest BCUT2D eigenvalue weighted by molar-refractivity contribution is 5.89. The van der Waals surface area contributed by atoms with E-state index in [0.717, 1.165) is 32.4 Å². The van der Waals surface area contributed by atoms with Crippen molar-refractivity contribution < 1.29 is 14.3 Å². The molecule has 2 aliphatic heterocycles. The van der Waals surface area contributed by atoms with Crippen LogP contribution in [0.4, 0.5) is 0 Å². The highest BCUT2D eigenvalue weighted by atomic mass is 16.5. The van der Waals surface area contributed by atoms with Crippen molar-refractivity contribution in [3.8, 4) is 0 Å². The van der Waals surface area contributed by atoms with Crippen molar-refractivity contribution in [3.05, 3.63) is 35.9 Å². The molecular weight excluding hydrogens is 304 g/mol. The normalized spacial score (nSPS) is 24.0. The molecule has 2 saturated heterocycles. The van der Waals surface area contributed by atoms with Gasteiger partial charge in [-0.25, -0.2) is 0 Å². The molecule has 2 fully saturated rings. The van der Waals surface area contributed by atoms with Crippen molar-refractivity contribution in [2.75, 3.05) is 33.3 Å². The van der Waals surface area contributed by atoms with Gasteiger partial charge in [0, 0.05) is 39.7 Å². The Morgan fingerprint density at radius 2 is 2.04 bits per heavy atom. The molecule has 2 amide bonds. The Bertz CT molecular complexity index is 575. The van der Waals surface area contributed by atoms with Crippen LogP contribution in [0, 0.1) is 5.92 Å². The van der Waals surface area contributed by atoms with E-state index in [-0.39, 0.29) is 23.8 Å². The summed E-state index contributed by atoms with van der Waals surface area (Å²) in [7, 11) is 1.76. The van der Waals surface area contributed by atoms with E-state index in [1.54, 1.807) is 11.9 Å². The smallest absolute Gasteiger partial charge is 0.228 e. The zero-order valence-electron chi connectivity index (χ0n) is 14.3. The van der Waals surface area contributed by atoms with E-state index in [9.17, 15) is 9.59 Å². The Labute approximate surface area is 143 Å². The van der Waals surface area contributed by atoms with Crippen molar-refractivity contribution in [1.82, 2.24) is 9.80 Å². The van der Waals surface area contributed by atoms with Gasteiger partial charge in [-0.2, -0.15) is 0 Å². The molecule has 0 spiro atoms. The number of amides is 2. The molecule has 0 aliphatic carbocycles. The standard InChI is InChI=1S/C19H26N2O3/c1-20-13-16(12-18(20)22)19(23)21-10-9-17(14-21)24-11-5-8-15-6-3-2-4-7-15/h2-4,6-7,16-17H,5,8-14H2,1H3. The number of carbonyl (C=O) groups is 2. The van der Waals surface area contributed by atoms with Gasteiger partial charge in [0.2, 0.25) is 11.8 Å². The second-order valence-corrected chi connectivity index (χ2v) is 6.83. The third-order valence-electron chi connectivity index (χ3n) is 4.95. The number of rotatable bonds is 6. The Morgan fingerprint density at radius 3 is 2.75 bits per heavy atom. The van der Waals surface area contributed by atoms with E-state index in [1.807, 2.05) is 11.0 Å². The lowest BCUT2D eigenvalue weighted by molar-refractivity contribution is -0.135. The average molecular weight is 330 g/mol. The van der Waals surface area contributed by atoms with Crippen LogP contribution in [-0.2, 0) is 20.7 Å². The quantitative estimate of drug-likeness (QED) is 0.746.